The van der Waals surface area contributed by atoms with Crippen LogP contribution in [0.3, 0.4) is 0 Å². The van der Waals surface area contributed by atoms with Gasteiger partial charge in [-0.1, -0.05) is 42.5 Å². The molecule has 173 valence electrons. The third-order valence-corrected chi connectivity index (χ3v) is 7.20. The maximum atomic E-state index is 8.30. The molecule has 0 bridgehead atoms. The number of fused-ring (bicyclic) bond motifs is 6. The summed E-state index contributed by atoms with van der Waals surface area (Å²) >= 11 is 0. The van der Waals surface area contributed by atoms with Gasteiger partial charge in [-0.2, -0.15) is 0 Å². The summed E-state index contributed by atoms with van der Waals surface area (Å²) < 4.78 is 18.2. The summed E-state index contributed by atoms with van der Waals surface area (Å²) in [5.41, 5.74) is 5.23. The van der Waals surface area contributed by atoms with Crippen LogP contribution in [0.25, 0.3) is 55.0 Å². The smallest absolute Gasteiger partial charge is 0.331 e. The SMILES string of the molecule is CC(C)([OH2+])C(C)(C)O[B]c1ccc2c(c1)oc1ccc(-c3ccc4c(c3)oc3ccccc34)cc12. The Labute approximate surface area is 204 Å². The van der Waals surface area contributed by atoms with Gasteiger partial charge in [0, 0.05) is 35.4 Å². The lowest BCUT2D eigenvalue weighted by Crippen LogP contribution is -2.49. The molecule has 6 aromatic rings. The van der Waals surface area contributed by atoms with Crippen molar-refractivity contribution < 1.29 is 18.6 Å². The van der Waals surface area contributed by atoms with E-state index in [0.717, 1.165) is 60.5 Å². The van der Waals surface area contributed by atoms with Gasteiger partial charge in [0.25, 0.3) is 0 Å². The second kappa shape index (κ2) is 7.74. The summed E-state index contributed by atoms with van der Waals surface area (Å²) in [6.45, 7) is 7.57. The molecule has 0 spiro atoms. The lowest BCUT2D eigenvalue weighted by molar-refractivity contribution is -0.0893. The molecule has 35 heavy (non-hydrogen) atoms. The molecule has 0 saturated heterocycles. The number of benzene rings is 4. The van der Waals surface area contributed by atoms with Gasteiger partial charge in [-0.3, -0.25) is 0 Å². The molecular formula is C30H27BO4+. The Bertz CT molecular complexity index is 1720. The molecule has 5 heteroatoms. The summed E-state index contributed by atoms with van der Waals surface area (Å²) in [7, 11) is 1.72. The number of hydrogen-bond acceptors (Lipinski definition) is 3. The maximum absolute atomic E-state index is 8.30. The Morgan fingerprint density at radius 1 is 0.629 bits per heavy atom. The van der Waals surface area contributed by atoms with Crippen LogP contribution in [0.15, 0.2) is 87.7 Å². The maximum Gasteiger partial charge on any atom is 0.331 e. The van der Waals surface area contributed by atoms with Crippen LogP contribution in [0.2, 0.25) is 0 Å². The van der Waals surface area contributed by atoms with Crippen LogP contribution in [0.5, 0.6) is 0 Å². The highest BCUT2D eigenvalue weighted by Crippen LogP contribution is 2.35. The van der Waals surface area contributed by atoms with Gasteiger partial charge in [0.2, 0.25) is 0 Å². The van der Waals surface area contributed by atoms with Gasteiger partial charge in [-0.15, -0.1) is 0 Å². The number of furan rings is 2. The fourth-order valence-corrected chi connectivity index (χ4v) is 4.31. The largest absolute Gasteiger partial charge is 0.456 e. The van der Waals surface area contributed by atoms with Crippen molar-refractivity contribution in [2.75, 3.05) is 0 Å². The van der Waals surface area contributed by atoms with Crippen molar-refractivity contribution in [2.45, 2.75) is 38.9 Å². The molecule has 0 unspecified atom stereocenters. The predicted molar refractivity (Wildman–Crippen MR) is 145 cm³/mol. The van der Waals surface area contributed by atoms with Crippen molar-refractivity contribution >= 4 is 56.8 Å². The zero-order chi connectivity index (χ0) is 24.4. The molecular weight excluding hydrogens is 435 g/mol. The van der Waals surface area contributed by atoms with Crippen LogP contribution < -0.4 is 5.46 Å². The molecule has 0 aliphatic carbocycles. The third-order valence-electron chi connectivity index (χ3n) is 7.20. The van der Waals surface area contributed by atoms with Crippen LogP contribution in [0.1, 0.15) is 27.7 Å². The number of hydrogen-bond donors (Lipinski definition) is 0. The van der Waals surface area contributed by atoms with Crippen LogP contribution >= 0.6 is 0 Å². The van der Waals surface area contributed by atoms with E-state index in [2.05, 4.69) is 42.5 Å². The Morgan fingerprint density at radius 2 is 1.23 bits per heavy atom. The Kier molecular flexibility index (Phi) is 4.86. The molecule has 6 rings (SSSR count). The van der Waals surface area contributed by atoms with E-state index in [1.165, 1.54) is 0 Å². The van der Waals surface area contributed by atoms with Gasteiger partial charge >= 0.3 is 7.48 Å². The highest BCUT2D eigenvalue weighted by molar-refractivity contribution is 6.47. The highest BCUT2D eigenvalue weighted by Gasteiger charge is 2.40. The van der Waals surface area contributed by atoms with E-state index in [-0.39, 0.29) is 0 Å². The molecule has 4 nitrogen and oxygen atoms in total. The molecule has 2 heterocycles. The molecule has 0 aliphatic heterocycles. The molecule has 4 aromatic carbocycles. The van der Waals surface area contributed by atoms with Gasteiger partial charge in [0.15, 0.2) is 5.60 Å². The third kappa shape index (κ3) is 3.72. The second-order valence-electron chi connectivity index (χ2n) is 10.2. The van der Waals surface area contributed by atoms with Crippen molar-refractivity contribution in [1.82, 2.24) is 0 Å². The second-order valence-corrected chi connectivity index (χ2v) is 10.2. The summed E-state index contributed by atoms with van der Waals surface area (Å²) in [5.74, 6) is 0. The van der Waals surface area contributed by atoms with E-state index in [4.69, 9.17) is 18.6 Å². The average molecular weight is 462 g/mol. The van der Waals surface area contributed by atoms with Crippen molar-refractivity contribution in [3.8, 4) is 11.1 Å². The molecule has 0 fully saturated rings. The zero-order valence-corrected chi connectivity index (χ0v) is 20.3. The molecule has 2 N–H and O–H groups in total. The van der Waals surface area contributed by atoms with Crippen LogP contribution in [0, 0.1) is 0 Å². The summed E-state index contributed by atoms with van der Waals surface area (Å²) in [6.07, 6.45) is 0. The Hall–Kier alpha value is -3.54. The molecule has 0 saturated carbocycles. The minimum absolute atomic E-state index is 0.619. The van der Waals surface area contributed by atoms with Gasteiger partial charge in [-0.05, 0) is 66.8 Å². The molecule has 1 radical (unpaired) electrons. The first-order valence-corrected chi connectivity index (χ1v) is 11.8. The van der Waals surface area contributed by atoms with Gasteiger partial charge in [0.05, 0.1) is 0 Å². The van der Waals surface area contributed by atoms with Crippen LogP contribution in [-0.2, 0) is 4.65 Å². The topological polar surface area (TPSA) is 58.4 Å². The quantitative estimate of drug-likeness (QED) is 0.212. The van der Waals surface area contributed by atoms with Crippen molar-refractivity contribution in [2.24, 2.45) is 0 Å². The predicted octanol–water partition coefficient (Wildman–Crippen LogP) is 6.70. The van der Waals surface area contributed by atoms with E-state index in [0.29, 0.717) is 0 Å². The Morgan fingerprint density at radius 3 is 2.03 bits per heavy atom. The van der Waals surface area contributed by atoms with Gasteiger partial charge in [0.1, 0.15) is 27.9 Å². The van der Waals surface area contributed by atoms with Gasteiger partial charge in [-0.25, -0.2) is 0 Å². The lowest BCUT2D eigenvalue weighted by atomic mass is 9.82. The van der Waals surface area contributed by atoms with E-state index in [1.807, 2.05) is 64.1 Å². The highest BCUT2D eigenvalue weighted by atomic mass is 16.5. The molecule has 2 aromatic heterocycles. The molecule has 0 aliphatic rings. The monoisotopic (exact) mass is 462 g/mol. The fraction of sp³-hybridized carbons (Fsp3) is 0.200. The first-order chi connectivity index (χ1) is 16.7. The molecule has 0 atom stereocenters. The van der Waals surface area contributed by atoms with E-state index in [9.17, 15) is 0 Å². The zero-order valence-electron chi connectivity index (χ0n) is 20.3. The number of rotatable bonds is 5. The lowest BCUT2D eigenvalue weighted by Gasteiger charge is -2.33. The fourth-order valence-electron chi connectivity index (χ4n) is 4.31. The van der Waals surface area contributed by atoms with Crippen LogP contribution in [0.4, 0.5) is 0 Å². The molecule has 0 amide bonds. The average Bonchev–Trinajstić information content (AvgIpc) is 3.38. The standard InChI is InChI=1S/C30H26BO4/c1-29(2,32)30(3,4)35-31-20-11-13-23-24-15-18(10-14-26(24)34-28(23)17-20)19-9-12-22-21-7-5-6-8-25(21)33-27(22)16-19/h5-17,32H,1-4H3/p+1. The van der Waals surface area contributed by atoms with E-state index >= 15 is 0 Å². The number of para-hydroxylation sites is 1. The van der Waals surface area contributed by atoms with Crippen molar-refractivity contribution in [1.29, 1.82) is 0 Å². The van der Waals surface area contributed by atoms with E-state index < -0.39 is 11.2 Å². The van der Waals surface area contributed by atoms with Crippen molar-refractivity contribution in [3.63, 3.8) is 0 Å². The van der Waals surface area contributed by atoms with Crippen LogP contribution in [-0.4, -0.2) is 23.8 Å². The minimum atomic E-state index is -0.727. The Balaban J connectivity index is 1.35. The summed E-state index contributed by atoms with van der Waals surface area (Å²) in [6, 6.07) is 26.9. The minimum Gasteiger partial charge on any atom is -0.456 e. The summed E-state index contributed by atoms with van der Waals surface area (Å²) in [5, 5.41) is 12.7. The summed E-state index contributed by atoms with van der Waals surface area (Å²) in [4.78, 5) is 0. The van der Waals surface area contributed by atoms with Gasteiger partial charge < -0.3 is 18.6 Å². The first kappa shape index (κ1) is 22.0. The first-order valence-electron chi connectivity index (χ1n) is 11.8. The van der Waals surface area contributed by atoms with E-state index in [1.54, 1.807) is 7.48 Å². The normalized spacial score (nSPS) is 12.8. The van der Waals surface area contributed by atoms with Crippen molar-refractivity contribution in [3.05, 3.63) is 78.9 Å².